The van der Waals surface area contributed by atoms with Crippen LogP contribution in [0.5, 0.6) is 0 Å². The van der Waals surface area contributed by atoms with E-state index in [1.165, 1.54) is 0 Å². The standard InChI is InChI=1S/C15H20N3O7P.C15H22NO7P.C8H7NO.C7H15O6P/c1-10-7-13(14(24-10)9-23-26(20,21)22-2)25-15(19)12-6-4-3-5-11(12)8-17-18-16;1-10-7-13(14(22-10)9-21-24(18,19)20-2)23-15(17)12-6-4-3-5-11(12)8-16;10-8-7-4-2-1-3-6(7)5-9-8;1-5-3-6(8)7(13-5)4-12-14(9,10)11-2/h3-6,10,13-14H,7-9H2,1-2H3,(H,20,21);3-6,10,13-14H,7-9,16H2,1-2H3,(H,18,19);1-4H,5H2,(H,9,10);5-8H,3-4H2,1-2H3,(H,9,10). The van der Waals surface area contributed by atoms with Crippen LogP contribution in [0.3, 0.4) is 0 Å². The van der Waals surface area contributed by atoms with Gasteiger partial charge in [-0.15, -0.1) is 0 Å². The number of aliphatic hydroxyl groups excluding tert-OH is 1. The molecule has 7 rings (SSSR count). The van der Waals surface area contributed by atoms with Crippen molar-refractivity contribution in [2.45, 2.75) is 115 Å². The molecule has 0 spiro atoms. The number of carbonyl (C=O) groups is 3. The first-order chi connectivity index (χ1) is 35.0. The van der Waals surface area contributed by atoms with Crippen LogP contribution in [0.2, 0.25) is 0 Å². The molecule has 4 aliphatic heterocycles. The number of amides is 1. The van der Waals surface area contributed by atoms with Crippen LogP contribution >= 0.6 is 23.5 Å². The van der Waals surface area contributed by atoms with E-state index in [-0.39, 0.29) is 62.7 Å². The number of ether oxygens (including phenoxy) is 5. The maximum absolute atomic E-state index is 12.5. The molecule has 3 aromatic carbocycles. The molecule has 1 amide bonds. The average molecular weight is 1100 g/mol. The molecule has 0 aromatic heterocycles. The molecule has 12 atom stereocenters. The smallest absolute Gasteiger partial charge is 0.456 e. The Balaban J connectivity index is 0.000000226. The van der Waals surface area contributed by atoms with Gasteiger partial charge in [0.1, 0.15) is 30.5 Å². The highest BCUT2D eigenvalue weighted by Gasteiger charge is 2.40. The minimum Gasteiger partial charge on any atom is -0.456 e. The van der Waals surface area contributed by atoms with Crippen molar-refractivity contribution in [2.24, 2.45) is 10.8 Å². The Kier molecular flexibility index (Phi) is 24.9. The molecule has 0 bridgehead atoms. The van der Waals surface area contributed by atoms with E-state index in [9.17, 15) is 43.0 Å². The van der Waals surface area contributed by atoms with Crippen LogP contribution in [0.15, 0.2) is 77.9 Å². The van der Waals surface area contributed by atoms with Crippen molar-refractivity contribution >= 4 is 41.3 Å². The molecule has 4 aliphatic rings. The van der Waals surface area contributed by atoms with Gasteiger partial charge in [0.2, 0.25) is 0 Å². The molecule has 410 valence electrons. The second kappa shape index (κ2) is 29.7. The molecule has 4 heterocycles. The van der Waals surface area contributed by atoms with Gasteiger partial charge in [-0.1, -0.05) is 59.7 Å². The quantitative estimate of drug-likeness (QED) is 0.0272. The van der Waals surface area contributed by atoms with Crippen molar-refractivity contribution in [3.8, 4) is 0 Å². The van der Waals surface area contributed by atoms with E-state index in [4.69, 9.17) is 48.9 Å². The van der Waals surface area contributed by atoms with Crippen molar-refractivity contribution in [1.29, 1.82) is 0 Å². The van der Waals surface area contributed by atoms with E-state index in [1.807, 2.05) is 38.1 Å². The molecule has 0 aliphatic carbocycles. The predicted molar refractivity (Wildman–Crippen MR) is 261 cm³/mol. The number of nitrogens with one attached hydrogen (secondary N) is 1. The molecule has 3 saturated heterocycles. The number of hydrogen-bond acceptors (Lipinski definition) is 20. The zero-order chi connectivity index (χ0) is 54.6. The van der Waals surface area contributed by atoms with Gasteiger partial charge in [-0.2, -0.15) is 0 Å². The summed E-state index contributed by atoms with van der Waals surface area (Å²) in [6, 6.07) is 21.2. The monoisotopic (exact) mass is 1100 g/mol. The molecule has 0 radical (unpaired) electrons. The number of phosphoric acid groups is 3. The summed E-state index contributed by atoms with van der Waals surface area (Å²) in [5, 5.41) is 15.6. The van der Waals surface area contributed by atoms with Gasteiger partial charge in [0.25, 0.3) is 5.91 Å². The summed E-state index contributed by atoms with van der Waals surface area (Å²) in [5.41, 5.74) is 17.9. The Morgan fingerprint density at radius 2 is 1.11 bits per heavy atom. The molecule has 3 aromatic rings. The number of benzene rings is 3. The van der Waals surface area contributed by atoms with Crippen molar-refractivity contribution in [3.05, 3.63) is 117 Å². The zero-order valence-corrected chi connectivity index (χ0v) is 44.2. The minimum atomic E-state index is -4.15. The number of fused-ring (bicyclic) bond motifs is 1. The van der Waals surface area contributed by atoms with Gasteiger partial charge >= 0.3 is 35.4 Å². The Bertz CT molecular complexity index is 2520. The summed E-state index contributed by atoms with van der Waals surface area (Å²) in [4.78, 5) is 66.1. The number of azide groups is 1. The van der Waals surface area contributed by atoms with Crippen LogP contribution in [0.25, 0.3) is 10.4 Å². The Morgan fingerprint density at radius 1 is 0.689 bits per heavy atom. The molecular weight excluding hydrogens is 1040 g/mol. The van der Waals surface area contributed by atoms with Gasteiger partial charge in [-0.05, 0) is 61.2 Å². The van der Waals surface area contributed by atoms with Gasteiger partial charge in [0, 0.05) is 64.2 Å². The van der Waals surface area contributed by atoms with Gasteiger partial charge < -0.3 is 54.5 Å². The van der Waals surface area contributed by atoms with E-state index in [2.05, 4.69) is 33.4 Å². The highest BCUT2D eigenvalue weighted by atomic mass is 31.2. The fourth-order valence-electron chi connectivity index (χ4n) is 7.56. The number of rotatable bonds is 19. The van der Waals surface area contributed by atoms with Crippen molar-refractivity contribution in [2.75, 3.05) is 41.2 Å². The summed E-state index contributed by atoms with van der Waals surface area (Å²) in [6.07, 6.45) is -2.83. The summed E-state index contributed by atoms with van der Waals surface area (Å²) >= 11 is 0. The highest BCUT2D eigenvalue weighted by Crippen LogP contribution is 2.44. The SMILES string of the molecule is COP(=O)(O)OCC1OC(C)CC1O.COP(=O)(O)OCC1OC(C)CC1OC(=O)c1ccccc1CN.COP(=O)(O)OCC1OC(C)CC1OC(=O)c1ccccc1CN=[N+]=[N-].O=C1NCc2ccccc21. The van der Waals surface area contributed by atoms with Gasteiger partial charge in [0.15, 0.2) is 0 Å². The van der Waals surface area contributed by atoms with Crippen molar-refractivity contribution < 1.29 is 98.7 Å². The lowest BCUT2D eigenvalue weighted by molar-refractivity contribution is -0.0315. The van der Waals surface area contributed by atoms with Crippen molar-refractivity contribution in [3.63, 3.8) is 0 Å². The lowest BCUT2D eigenvalue weighted by Crippen LogP contribution is -2.31. The van der Waals surface area contributed by atoms with E-state index in [0.717, 1.165) is 32.5 Å². The van der Waals surface area contributed by atoms with Crippen LogP contribution < -0.4 is 11.1 Å². The molecule has 7 N–H and O–H groups in total. The van der Waals surface area contributed by atoms with Gasteiger partial charge in [-0.3, -0.25) is 31.9 Å². The molecule has 12 unspecified atom stereocenters. The van der Waals surface area contributed by atoms with E-state index < -0.39 is 72.0 Å². The molecule has 29 heteroatoms. The van der Waals surface area contributed by atoms with Crippen LogP contribution in [0.4, 0.5) is 0 Å². The maximum atomic E-state index is 12.5. The zero-order valence-electron chi connectivity index (χ0n) is 41.5. The van der Waals surface area contributed by atoms with Crippen LogP contribution in [0, 0.1) is 0 Å². The Morgan fingerprint density at radius 3 is 1.55 bits per heavy atom. The normalized spacial score (nSPS) is 26.0. The van der Waals surface area contributed by atoms with Crippen LogP contribution in [-0.2, 0) is 84.2 Å². The summed E-state index contributed by atoms with van der Waals surface area (Å²) in [5.74, 6) is -1.06. The Hall–Kier alpha value is -4.49. The second-order valence-electron chi connectivity index (χ2n) is 16.7. The number of esters is 2. The topological polar surface area (TPSA) is 372 Å². The number of hydrogen-bond donors (Lipinski definition) is 6. The maximum Gasteiger partial charge on any atom is 0.472 e. The number of nitrogens with zero attached hydrogens (tertiary/aromatic N) is 3. The minimum absolute atomic E-state index is 0.0212. The summed E-state index contributed by atoms with van der Waals surface area (Å²) < 4.78 is 88.3. The number of nitrogens with two attached hydrogens (primary N) is 1. The lowest BCUT2D eigenvalue weighted by atomic mass is 10.1. The highest BCUT2D eigenvalue weighted by molar-refractivity contribution is 7.47. The fourth-order valence-corrected chi connectivity index (χ4v) is 8.88. The third-order valence-corrected chi connectivity index (χ3v) is 14.1. The first-order valence-electron chi connectivity index (χ1n) is 22.9. The number of carbonyl (C=O) groups excluding carboxylic acids is 3. The molecule has 0 saturated carbocycles. The lowest BCUT2D eigenvalue weighted by Gasteiger charge is -2.20. The first kappa shape index (κ1) is 62.1. The summed E-state index contributed by atoms with van der Waals surface area (Å²) in [6.45, 7) is 5.74. The van der Waals surface area contributed by atoms with Gasteiger partial charge in [-0.25, -0.2) is 23.3 Å². The molecule has 3 fully saturated rings. The predicted octanol–water partition coefficient (Wildman–Crippen LogP) is 5.79. The van der Waals surface area contributed by atoms with E-state index in [0.29, 0.717) is 42.5 Å². The average Bonchev–Trinajstić information content (AvgIpc) is 4.15. The second-order valence-corrected chi connectivity index (χ2v) is 21.4. The fraction of sp³-hybridized carbons (Fsp3) is 0.533. The van der Waals surface area contributed by atoms with Gasteiger partial charge in [0.05, 0.1) is 61.9 Å². The number of phosphoric ester groups is 3. The molecule has 74 heavy (non-hydrogen) atoms. The number of aliphatic hydroxyl groups is 1. The Labute approximate surface area is 427 Å². The third-order valence-electron chi connectivity index (χ3n) is 11.3. The molecular formula is C45H64N5O21P3. The van der Waals surface area contributed by atoms with Crippen LogP contribution in [0.1, 0.15) is 87.8 Å². The van der Waals surface area contributed by atoms with Crippen LogP contribution in [-0.4, -0.2) is 134 Å². The van der Waals surface area contributed by atoms with E-state index in [1.54, 1.807) is 55.5 Å². The van der Waals surface area contributed by atoms with Crippen molar-refractivity contribution in [1.82, 2.24) is 5.32 Å². The largest absolute Gasteiger partial charge is 0.472 e. The molecule has 26 nitrogen and oxygen atoms in total. The van der Waals surface area contributed by atoms with E-state index >= 15 is 0 Å². The first-order valence-corrected chi connectivity index (χ1v) is 27.4. The third kappa shape index (κ3) is 19.9. The summed E-state index contributed by atoms with van der Waals surface area (Å²) in [7, 11) is -9.03.